The van der Waals surface area contributed by atoms with Gasteiger partial charge >= 0.3 is 11.9 Å². The summed E-state index contributed by atoms with van der Waals surface area (Å²) in [6.45, 7) is 22.2. The van der Waals surface area contributed by atoms with E-state index in [-0.39, 0.29) is 18.2 Å². The molecule has 34 nitrogen and oxygen atoms in total. The van der Waals surface area contributed by atoms with Gasteiger partial charge in [-0.1, -0.05) is 76.2 Å². The van der Waals surface area contributed by atoms with Crippen LogP contribution in [0.4, 0.5) is 22.7 Å². The third-order valence-electron chi connectivity index (χ3n) is 23.5. The van der Waals surface area contributed by atoms with Crippen LogP contribution >= 0.6 is 0 Å². The lowest BCUT2D eigenvalue weighted by Gasteiger charge is -2.36. The molecule has 4 N–H and O–H groups in total. The number of benzene rings is 4. The van der Waals surface area contributed by atoms with Crippen molar-refractivity contribution < 1.29 is 47.1 Å². The van der Waals surface area contributed by atoms with Gasteiger partial charge in [0.05, 0.1) is 25.1 Å². The Bertz CT molecular complexity index is 6100. The third-order valence-corrected chi connectivity index (χ3v) is 23.5. The first-order valence-corrected chi connectivity index (χ1v) is 45.4. The number of carbonyl (C=O) groups excluding carboxylic acids is 2. The molecule has 0 atom stereocenters. The molecule has 20 rings (SSSR count). The van der Waals surface area contributed by atoms with Crippen LogP contribution in [0.2, 0.25) is 0 Å². The minimum absolute atomic E-state index is 0.222. The fraction of sp³-hybridized carbons (Fsp3) is 0.347. The number of anilines is 4. The molecule has 0 spiro atoms. The maximum atomic E-state index is 12.1. The van der Waals surface area contributed by atoms with Gasteiger partial charge in [-0.25, -0.2) is 19.9 Å². The predicted octanol–water partition coefficient (Wildman–Crippen LogP) is 13.4. The van der Waals surface area contributed by atoms with Crippen molar-refractivity contribution >= 4 is 69.1 Å². The standard InChI is InChI=1S/C25H28N6O2.C24H26N6O2.2C21H22N6O.C4H8O2.C3H6O2/c1-2-4-24(32)30-14-12-29(13-15-30)20-8-6-19(7-9-20)22-17-26-23(31-18-27-28-25(22)31)11-10-21-5-3-16-33-21;1-2-23(31)29-13-11-28(12-14-29)19-7-5-18(6-8-19)21-16-25-22(30-17-26-27-24(21)30)10-9-20-4-3-15-32-20;2*1-2-18(28-13-1)7-8-20-23-14-19(21-25-24-15-27(20)21)16-3-5-17(6-4-16)26-11-9-22-10-12-26;1-2-3-4(5)6;1-2-3(4)5/h3,5-9,16-18H,2,4,10-15H2,1H3;3-8,15-17H,2,9-14H2,1H3;2*1-6,13-15,22H,7-12H2;2-3H2,1H3,(H,5,6);2H2,1H3,(H,4,5). The normalized spacial score (nSPS) is 13.9. The number of aromatic nitrogens is 16. The van der Waals surface area contributed by atoms with Crippen molar-refractivity contribution in [3.05, 3.63) is 267 Å². The van der Waals surface area contributed by atoms with Crippen LogP contribution in [0.1, 0.15) is 113 Å². The van der Waals surface area contributed by atoms with E-state index in [4.69, 9.17) is 37.8 Å². The quantitative estimate of drug-likeness (QED) is 0.0391. The second-order valence-electron chi connectivity index (χ2n) is 32.2. The molecule has 0 unspecified atom stereocenters. The summed E-state index contributed by atoms with van der Waals surface area (Å²) in [5.41, 5.74) is 16.3. The highest BCUT2D eigenvalue weighted by Gasteiger charge is 2.25. The monoisotopic (exact) mass is 1780 g/mol. The van der Waals surface area contributed by atoms with E-state index < -0.39 is 11.9 Å². The Labute approximate surface area is 764 Å². The molecule has 16 heterocycles. The molecule has 12 aromatic heterocycles. The van der Waals surface area contributed by atoms with Crippen LogP contribution in [0.5, 0.6) is 0 Å². The fourth-order valence-corrected chi connectivity index (χ4v) is 16.3. The molecule has 4 aromatic carbocycles. The molecule has 0 bridgehead atoms. The Hall–Kier alpha value is -14.8. The van der Waals surface area contributed by atoms with Crippen LogP contribution in [0.25, 0.3) is 67.1 Å². The molecule has 4 saturated heterocycles. The molecular weight excluding hydrogens is 1670 g/mol. The fourth-order valence-electron chi connectivity index (χ4n) is 16.3. The highest BCUT2D eigenvalue weighted by atomic mass is 16.4. The van der Waals surface area contributed by atoms with Crippen molar-refractivity contribution in [1.29, 1.82) is 0 Å². The van der Waals surface area contributed by atoms with Gasteiger partial charge in [-0.3, -0.25) is 36.8 Å². The lowest BCUT2D eigenvalue weighted by molar-refractivity contribution is -0.137. The Morgan fingerprint density at radius 3 is 0.811 bits per heavy atom. The van der Waals surface area contributed by atoms with E-state index in [9.17, 15) is 19.2 Å². The van der Waals surface area contributed by atoms with Crippen molar-refractivity contribution in [2.24, 2.45) is 0 Å². The summed E-state index contributed by atoms with van der Waals surface area (Å²) in [6.07, 6.45) is 30.8. The number of aryl methyl sites for hydroxylation is 8. The maximum absolute atomic E-state index is 12.1. The van der Waals surface area contributed by atoms with Crippen molar-refractivity contribution in [1.82, 2.24) is 98.8 Å². The number of hydrogen-bond acceptors (Lipinski definition) is 26. The first kappa shape index (κ1) is 91.9. The summed E-state index contributed by atoms with van der Waals surface area (Å²) < 4.78 is 29.6. The van der Waals surface area contributed by atoms with Crippen molar-refractivity contribution in [3.63, 3.8) is 0 Å². The zero-order valence-electron chi connectivity index (χ0n) is 75.0. The Morgan fingerprint density at radius 1 is 0.318 bits per heavy atom. The highest BCUT2D eigenvalue weighted by Crippen LogP contribution is 2.33. The van der Waals surface area contributed by atoms with Crippen molar-refractivity contribution in [3.8, 4) is 44.5 Å². The summed E-state index contributed by atoms with van der Waals surface area (Å²) >= 11 is 0. The minimum Gasteiger partial charge on any atom is -0.481 e. The number of aliphatic carboxylic acids is 2. The summed E-state index contributed by atoms with van der Waals surface area (Å²) in [4.78, 5) is 75.2. The van der Waals surface area contributed by atoms with Crippen LogP contribution in [-0.4, -0.2) is 227 Å². The van der Waals surface area contributed by atoms with Gasteiger partial charge in [-0.2, -0.15) is 0 Å². The number of rotatable bonds is 26. The lowest BCUT2D eigenvalue weighted by atomic mass is 10.1. The van der Waals surface area contributed by atoms with Crippen LogP contribution < -0.4 is 30.2 Å². The zero-order chi connectivity index (χ0) is 91.3. The molecule has 34 heteroatoms. The molecular formula is C98H112N24O10. The summed E-state index contributed by atoms with van der Waals surface area (Å²) in [7, 11) is 0. The number of carboxylic acid groups (broad SMARTS) is 2. The molecule has 132 heavy (non-hydrogen) atoms. The summed E-state index contributed by atoms with van der Waals surface area (Å²) in [5, 5.41) is 56.3. The molecule has 4 fully saturated rings. The third kappa shape index (κ3) is 23.8. The van der Waals surface area contributed by atoms with E-state index >= 15 is 0 Å². The van der Waals surface area contributed by atoms with Crippen LogP contribution in [-0.2, 0) is 70.5 Å². The first-order valence-electron chi connectivity index (χ1n) is 45.4. The van der Waals surface area contributed by atoms with E-state index in [0.29, 0.717) is 19.3 Å². The first-order chi connectivity index (χ1) is 64.8. The van der Waals surface area contributed by atoms with Gasteiger partial charge in [0.15, 0.2) is 22.6 Å². The molecule has 0 saturated carbocycles. The van der Waals surface area contributed by atoms with Gasteiger partial charge in [0, 0.05) is 252 Å². The number of nitrogens with one attached hydrogen (secondary N) is 2. The maximum Gasteiger partial charge on any atom is 0.303 e. The second-order valence-corrected chi connectivity index (χ2v) is 32.2. The number of amides is 2. The van der Waals surface area contributed by atoms with Crippen LogP contribution in [0, 0.1) is 0 Å². The van der Waals surface area contributed by atoms with E-state index in [1.165, 1.54) is 17.1 Å². The van der Waals surface area contributed by atoms with Gasteiger partial charge in [-0.15, -0.1) is 40.8 Å². The zero-order valence-corrected chi connectivity index (χ0v) is 75.0. The van der Waals surface area contributed by atoms with E-state index in [2.05, 4.69) is 178 Å². The van der Waals surface area contributed by atoms with Crippen molar-refractivity contribution in [2.45, 2.75) is 118 Å². The number of fused-ring (bicyclic) bond motifs is 4. The molecule has 2 amide bonds. The number of nitrogens with zero attached hydrogens (tertiary/aromatic N) is 22. The van der Waals surface area contributed by atoms with Gasteiger partial charge in [0.25, 0.3) is 0 Å². The molecule has 684 valence electrons. The summed E-state index contributed by atoms with van der Waals surface area (Å²) in [5.74, 6) is 6.50. The van der Waals surface area contributed by atoms with E-state index in [1.807, 2.05) is 121 Å². The average molecular weight is 1790 g/mol. The van der Waals surface area contributed by atoms with Gasteiger partial charge in [0.1, 0.15) is 71.6 Å². The molecule has 4 aliphatic rings. The molecule has 16 aromatic rings. The Morgan fingerprint density at radius 2 is 0.583 bits per heavy atom. The molecule has 0 radical (unpaired) electrons. The van der Waals surface area contributed by atoms with Crippen molar-refractivity contribution in [2.75, 3.05) is 124 Å². The predicted molar refractivity (Wildman–Crippen MR) is 503 cm³/mol. The number of hydrogen-bond donors (Lipinski definition) is 4. The number of furan rings is 4. The van der Waals surface area contributed by atoms with Gasteiger partial charge in [-0.05, 0) is 132 Å². The molecule has 0 aliphatic carbocycles. The largest absolute Gasteiger partial charge is 0.481 e. The summed E-state index contributed by atoms with van der Waals surface area (Å²) in [6, 6.07) is 49.8. The van der Waals surface area contributed by atoms with Gasteiger partial charge in [0.2, 0.25) is 11.8 Å². The van der Waals surface area contributed by atoms with Crippen LogP contribution in [0.3, 0.4) is 0 Å². The number of piperazine rings is 4. The topological polar surface area (TPSA) is 377 Å². The number of carbonyl (C=O) groups is 4. The second kappa shape index (κ2) is 45.9. The SMILES string of the molecule is CCC(=O)N1CCN(c2ccc(-c3cnc(CCc4ccco4)n4cnnc34)cc2)CC1.CCC(=O)O.CCCC(=O)N1CCN(c2ccc(-c3cnc(CCc4ccco4)n4cnnc34)cc2)CC1.CCCC(=O)O.c1coc(CCc2ncc(-c3ccc(N4CCNCC4)cc3)c3nncn23)c1.c1coc(CCc2ncc(-c3ccc(N4CCNCC4)cc3)c3nncn23)c1. The smallest absolute Gasteiger partial charge is 0.303 e. The lowest BCUT2D eigenvalue weighted by Crippen LogP contribution is -2.48. The Kier molecular flexibility index (Phi) is 32.0. The average Bonchev–Trinajstić information content (AvgIpc) is 1.58. The molecule has 4 aliphatic heterocycles. The number of carboxylic acids is 2. The van der Waals surface area contributed by atoms with E-state index in [0.717, 1.165) is 288 Å². The highest BCUT2D eigenvalue weighted by molar-refractivity contribution is 5.82. The Balaban J connectivity index is 0.000000130. The van der Waals surface area contributed by atoms with Crippen LogP contribution in [0.15, 0.2) is 238 Å². The minimum atomic E-state index is -0.745. The van der Waals surface area contributed by atoms with E-state index in [1.54, 1.807) is 57.3 Å². The van der Waals surface area contributed by atoms with Gasteiger partial charge < -0.3 is 67.9 Å².